The van der Waals surface area contributed by atoms with E-state index in [-0.39, 0.29) is 17.8 Å². The van der Waals surface area contributed by atoms with Gasteiger partial charge < -0.3 is 5.73 Å². The van der Waals surface area contributed by atoms with E-state index in [9.17, 15) is 8.42 Å². The molecule has 6 heteroatoms. The van der Waals surface area contributed by atoms with Crippen LogP contribution in [0.1, 0.15) is 31.4 Å². The van der Waals surface area contributed by atoms with Crippen molar-refractivity contribution in [2.45, 2.75) is 31.8 Å². The normalized spacial score (nSPS) is 23.7. The number of hydrogen-bond donors (Lipinski definition) is 1. The van der Waals surface area contributed by atoms with Gasteiger partial charge in [-0.3, -0.25) is 4.90 Å². The van der Waals surface area contributed by atoms with E-state index < -0.39 is 9.84 Å². The fourth-order valence-corrected chi connectivity index (χ4v) is 4.61. The van der Waals surface area contributed by atoms with Crippen LogP contribution in [0.5, 0.6) is 0 Å². The molecule has 0 bridgehead atoms. The lowest BCUT2D eigenvalue weighted by atomic mass is 9.98. The summed E-state index contributed by atoms with van der Waals surface area (Å²) in [5.41, 5.74) is 7.49. The predicted molar refractivity (Wildman–Crippen MR) is 80.2 cm³/mol. The highest BCUT2D eigenvalue weighted by molar-refractivity contribution is 7.91. The minimum absolute atomic E-state index is 0.0513. The second-order valence-electron chi connectivity index (χ2n) is 5.11. The fourth-order valence-electron chi connectivity index (χ4n) is 2.63. The summed E-state index contributed by atoms with van der Waals surface area (Å²) in [7, 11) is -2.87. The molecule has 19 heavy (non-hydrogen) atoms. The maximum Gasteiger partial charge on any atom is 0.151 e. The van der Waals surface area contributed by atoms with E-state index in [0.717, 1.165) is 13.0 Å². The summed E-state index contributed by atoms with van der Waals surface area (Å²) in [5.74, 6) is 0.561. The molecule has 0 aromatic carbocycles. The van der Waals surface area contributed by atoms with Gasteiger partial charge in [0.05, 0.1) is 17.5 Å². The molecule has 2 atom stereocenters. The van der Waals surface area contributed by atoms with Gasteiger partial charge >= 0.3 is 0 Å². The topological polar surface area (TPSA) is 63.4 Å². The van der Waals surface area contributed by atoms with Gasteiger partial charge in [-0.2, -0.15) is 11.3 Å². The number of thiophene rings is 1. The lowest BCUT2D eigenvalue weighted by Crippen LogP contribution is -2.42. The van der Waals surface area contributed by atoms with Crippen LogP contribution in [0.2, 0.25) is 0 Å². The van der Waals surface area contributed by atoms with Crippen LogP contribution in [-0.2, 0) is 9.84 Å². The number of rotatable bonds is 4. The van der Waals surface area contributed by atoms with E-state index in [0.29, 0.717) is 18.7 Å². The first kappa shape index (κ1) is 15.0. The summed E-state index contributed by atoms with van der Waals surface area (Å²) in [6.45, 7) is 3.49. The number of hydrogen-bond acceptors (Lipinski definition) is 5. The van der Waals surface area contributed by atoms with Gasteiger partial charge in [0, 0.05) is 12.6 Å². The zero-order chi connectivity index (χ0) is 13.9. The number of nitrogens with two attached hydrogens (primary N) is 1. The molecule has 1 aliphatic rings. The number of sulfone groups is 1. The van der Waals surface area contributed by atoms with Gasteiger partial charge in [0.1, 0.15) is 0 Å². The first-order valence-corrected chi connectivity index (χ1v) is 9.52. The zero-order valence-electron chi connectivity index (χ0n) is 11.3. The first-order valence-electron chi connectivity index (χ1n) is 6.75. The molecule has 1 aliphatic heterocycles. The maximum absolute atomic E-state index is 11.7. The van der Waals surface area contributed by atoms with Crippen LogP contribution < -0.4 is 5.73 Å². The molecule has 108 valence electrons. The van der Waals surface area contributed by atoms with Crippen LogP contribution in [0.4, 0.5) is 0 Å². The van der Waals surface area contributed by atoms with Gasteiger partial charge in [-0.25, -0.2) is 8.42 Å². The van der Waals surface area contributed by atoms with Crippen LogP contribution in [0.25, 0.3) is 0 Å². The van der Waals surface area contributed by atoms with Gasteiger partial charge in [-0.1, -0.05) is 6.92 Å². The largest absolute Gasteiger partial charge is 0.326 e. The monoisotopic (exact) mass is 302 g/mol. The summed E-state index contributed by atoms with van der Waals surface area (Å²) in [4.78, 5) is 2.25. The van der Waals surface area contributed by atoms with E-state index in [1.165, 1.54) is 5.56 Å². The Kier molecular flexibility index (Phi) is 5.00. The molecule has 0 aliphatic carbocycles. The van der Waals surface area contributed by atoms with Crippen molar-refractivity contribution in [3.05, 3.63) is 22.4 Å². The Morgan fingerprint density at radius 1 is 1.42 bits per heavy atom. The third kappa shape index (κ3) is 3.78. The Balaban J connectivity index is 2.19. The van der Waals surface area contributed by atoms with Crippen molar-refractivity contribution in [2.75, 3.05) is 24.6 Å². The first-order chi connectivity index (χ1) is 9.03. The van der Waals surface area contributed by atoms with Gasteiger partial charge in [-0.05, 0) is 41.8 Å². The highest BCUT2D eigenvalue weighted by Gasteiger charge is 2.29. The van der Waals surface area contributed by atoms with Gasteiger partial charge in [0.25, 0.3) is 0 Å². The maximum atomic E-state index is 11.7. The van der Waals surface area contributed by atoms with E-state index in [2.05, 4.69) is 28.7 Å². The highest BCUT2D eigenvalue weighted by atomic mass is 32.2. The van der Waals surface area contributed by atoms with E-state index in [1.807, 2.05) is 0 Å². The minimum atomic E-state index is -2.87. The second-order valence-corrected chi connectivity index (χ2v) is 8.20. The van der Waals surface area contributed by atoms with Gasteiger partial charge in [-0.15, -0.1) is 0 Å². The van der Waals surface area contributed by atoms with Crippen molar-refractivity contribution in [1.29, 1.82) is 0 Å². The van der Waals surface area contributed by atoms with Crippen LogP contribution in [0, 0.1) is 0 Å². The Morgan fingerprint density at radius 3 is 2.84 bits per heavy atom. The van der Waals surface area contributed by atoms with Crippen molar-refractivity contribution in [3.8, 4) is 0 Å². The molecule has 1 fully saturated rings. The van der Waals surface area contributed by atoms with E-state index in [1.54, 1.807) is 11.3 Å². The average molecular weight is 302 g/mol. The molecule has 1 aromatic heterocycles. The molecule has 2 unspecified atom stereocenters. The quantitative estimate of drug-likeness (QED) is 0.918. The van der Waals surface area contributed by atoms with Gasteiger partial charge in [0.15, 0.2) is 9.84 Å². The smallest absolute Gasteiger partial charge is 0.151 e. The predicted octanol–water partition coefficient (Wildman–Crippen LogP) is 1.65. The SMILES string of the molecule is CCC(N)C(c1ccsc1)N1CCCS(=O)(=O)CC1. The van der Waals surface area contributed by atoms with Crippen molar-refractivity contribution < 1.29 is 8.42 Å². The van der Waals surface area contributed by atoms with Crippen molar-refractivity contribution in [3.63, 3.8) is 0 Å². The molecule has 4 nitrogen and oxygen atoms in total. The zero-order valence-corrected chi connectivity index (χ0v) is 12.9. The summed E-state index contributed by atoms with van der Waals surface area (Å²) >= 11 is 1.66. The van der Waals surface area contributed by atoms with E-state index >= 15 is 0 Å². The average Bonchev–Trinajstić information content (AvgIpc) is 2.82. The molecular weight excluding hydrogens is 280 g/mol. The molecule has 0 radical (unpaired) electrons. The molecule has 2 N–H and O–H groups in total. The van der Waals surface area contributed by atoms with Crippen LogP contribution in [0.3, 0.4) is 0 Å². The Morgan fingerprint density at radius 2 is 2.21 bits per heavy atom. The van der Waals surface area contributed by atoms with Crippen LogP contribution in [0.15, 0.2) is 16.8 Å². The molecule has 0 spiro atoms. The molecule has 0 saturated carbocycles. The molecule has 0 amide bonds. The molecule has 2 rings (SSSR count). The summed E-state index contributed by atoms with van der Waals surface area (Å²) in [5, 5.41) is 4.18. The fraction of sp³-hybridized carbons (Fsp3) is 0.692. The molecular formula is C13H22N2O2S2. The van der Waals surface area contributed by atoms with Crippen molar-refractivity contribution in [2.24, 2.45) is 5.73 Å². The second kappa shape index (κ2) is 6.35. The lowest BCUT2D eigenvalue weighted by molar-refractivity contribution is 0.182. The Hall–Kier alpha value is -0.430. The third-order valence-electron chi connectivity index (χ3n) is 3.75. The Labute approximate surface area is 119 Å². The minimum Gasteiger partial charge on any atom is -0.326 e. The molecule has 1 aromatic rings. The summed E-state index contributed by atoms with van der Waals surface area (Å²) in [6, 6.07) is 2.30. The van der Waals surface area contributed by atoms with Crippen LogP contribution in [-0.4, -0.2) is 44.0 Å². The lowest BCUT2D eigenvalue weighted by Gasteiger charge is -2.34. The Bertz CT molecular complexity index is 485. The van der Waals surface area contributed by atoms with Crippen LogP contribution >= 0.6 is 11.3 Å². The molecule has 2 heterocycles. The third-order valence-corrected chi connectivity index (χ3v) is 6.16. The standard InChI is InChI=1S/C13H22N2O2S2/c1-2-12(14)13(11-4-7-18-10-11)15-5-3-8-19(16,17)9-6-15/h4,7,10,12-13H,2-3,5-6,8-9,14H2,1H3. The number of nitrogens with zero attached hydrogens (tertiary/aromatic N) is 1. The summed E-state index contributed by atoms with van der Waals surface area (Å²) < 4.78 is 23.4. The van der Waals surface area contributed by atoms with Crippen molar-refractivity contribution in [1.82, 2.24) is 4.90 Å². The van der Waals surface area contributed by atoms with Gasteiger partial charge in [0.2, 0.25) is 0 Å². The van der Waals surface area contributed by atoms with E-state index in [4.69, 9.17) is 5.73 Å². The molecule has 1 saturated heterocycles. The summed E-state index contributed by atoms with van der Waals surface area (Å²) in [6.07, 6.45) is 1.60. The highest BCUT2D eigenvalue weighted by Crippen LogP contribution is 2.28. The van der Waals surface area contributed by atoms with Crippen molar-refractivity contribution >= 4 is 21.2 Å².